The van der Waals surface area contributed by atoms with Gasteiger partial charge in [0, 0.05) is 11.1 Å². The number of hydrogen-bond acceptors (Lipinski definition) is 4. The summed E-state index contributed by atoms with van der Waals surface area (Å²) in [7, 11) is 1.58. The first kappa shape index (κ1) is 19.5. The first-order valence-corrected chi connectivity index (χ1v) is 8.39. The van der Waals surface area contributed by atoms with Crippen molar-refractivity contribution in [3.8, 4) is 5.75 Å². The summed E-state index contributed by atoms with van der Waals surface area (Å²) in [5, 5.41) is 3.39. The normalized spacial score (nSPS) is 11.8. The zero-order valence-corrected chi connectivity index (χ0v) is 15.3. The molecule has 0 heterocycles. The fourth-order valence-corrected chi connectivity index (χ4v) is 2.31. The molecule has 0 aromatic heterocycles. The number of carbonyl (C=O) groups is 2. The highest BCUT2D eigenvalue weighted by molar-refractivity contribution is 6.30. The van der Waals surface area contributed by atoms with E-state index in [0.29, 0.717) is 5.02 Å². The van der Waals surface area contributed by atoms with Crippen molar-refractivity contribution < 1.29 is 19.1 Å². The molecule has 1 atom stereocenters. The van der Waals surface area contributed by atoms with Crippen molar-refractivity contribution in [2.45, 2.75) is 13.0 Å². The van der Waals surface area contributed by atoms with Gasteiger partial charge in [-0.3, -0.25) is 4.79 Å². The van der Waals surface area contributed by atoms with E-state index in [1.165, 1.54) is 6.08 Å². The highest BCUT2D eigenvalue weighted by Gasteiger charge is 2.11. The number of nitrogens with one attached hydrogen (secondary N) is 1. The molecule has 0 aliphatic rings. The lowest BCUT2D eigenvalue weighted by Gasteiger charge is -2.14. The lowest BCUT2D eigenvalue weighted by atomic mass is 10.1. The van der Waals surface area contributed by atoms with Crippen molar-refractivity contribution in [1.82, 2.24) is 5.32 Å². The Balaban J connectivity index is 1.77. The highest BCUT2D eigenvalue weighted by atomic mass is 35.5. The van der Waals surface area contributed by atoms with E-state index in [-0.39, 0.29) is 18.6 Å². The van der Waals surface area contributed by atoms with Crippen LogP contribution in [-0.2, 0) is 14.3 Å². The van der Waals surface area contributed by atoms with Gasteiger partial charge in [0.2, 0.25) is 0 Å². The predicted octanol–water partition coefficient (Wildman–Crippen LogP) is 3.78. The van der Waals surface area contributed by atoms with Gasteiger partial charge in [-0.1, -0.05) is 35.9 Å². The first-order valence-electron chi connectivity index (χ1n) is 8.01. The van der Waals surface area contributed by atoms with Gasteiger partial charge in [0.25, 0.3) is 5.91 Å². The second-order valence-corrected chi connectivity index (χ2v) is 5.99. The molecule has 0 bridgehead atoms. The van der Waals surface area contributed by atoms with Gasteiger partial charge in [0.1, 0.15) is 5.75 Å². The number of methoxy groups -OCH3 is 1. The van der Waals surface area contributed by atoms with Crippen LogP contribution in [0.2, 0.25) is 5.02 Å². The molecule has 2 aromatic carbocycles. The third kappa shape index (κ3) is 6.26. The summed E-state index contributed by atoms with van der Waals surface area (Å²) < 4.78 is 10.0. The van der Waals surface area contributed by atoms with Gasteiger partial charge < -0.3 is 14.8 Å². The molecule has 0 spiro atoms. The number of halogens is 1. The summed E-state index contributed by atoms with van der Waals surface area (Å²) in [6, 6.07) is 14.1. The molecular weight excluding hydrogens is 354 g/mol. The van der Waals surface area contributed by atoms with Crippen LogP contribution < -0.4 is 10.1 Å². The quantitative estimate of drug-likeness (QED) is 0.592. The number of carbonyl (C=O) groups excluding carboxylic acids is 2. The summed E-state index contributed by atoms with van der Waals surface area (Å²) in [5.41, 5.74) is 1.73. The summed E-state index contributed by atoms with van der Waals surface area (Å²) in [6.07, 6.45) is 2.88. The van der Waals surface area contributed by atoms with Crippen LogP contribution >= 0.6 is 11.6 Å². The molecule has 5 nitrogen and oxygen atoms in total. The zero-order valence-electron chi connectivity index (χ0n) is 14.6. The fourth-order valence-electron chi connectivity index (χ4n) is 2.18. The number of rotatable bonds is 7. The molecule has 0 radical (unpaired) electrons. The molecule has 0 aliphatic carbocycles. The van der Waals surface area contributed by atoms with E-state index in [4.69, 9.17) is 21.1 Å². The zero-order chi connectivity index (χ0) is 18.9. The maximum Gasteiger partial charge on any atom is 0.331 e. The molecule has 2 aromatic rings. The molecule has 0 fully saturated rings. The molecule has 1 amide bonds. The van der Waals surface area contributed by atoms with Crippen LogP contribution in [0.4, 0.5) is 0 Å². The molecular formula is C20H20ClNO4. The van der Waals surface area contributed by atoms with Crippen molar-refractivity contribution >= 4 is 29.6 Å². The van der Waals surface area contributed by atoms with Gasteiger partial charge in [-0.25, -0.2) is 4.79 Å². The Kier molecular flexibility index (Phi) is 7.24. The van der Waals surface area contributed by atoms with E-state index in [2.05, 4.69) is 5.32 Å². The van der Waals surface area contributed by atoms with Crippen LogP contribution in [0.25, 0.3) is 6.08 Å². The Hall–Kier alpha value is -2.79. The standard InChI is InChI=1S/C20H20ClNO4/c1-14(16-6-8-17(21)9-7-16)22-19(23)13-26-20(24)12-5-15-3-10-18(25-2)11-4-15/h3-12,14H,13H2,1-2H3,(H,22,23)/b12-5+/t14-/m0/s1. The van der Waals surface area contributed by atoms with Crippen LogP contribution in [0.5, 0.6) is 5.75 Å². The van der Waals surface area contributed by atoms with Crippen LogP contribution in [0.1, 0.15) is 24.1 Å². The Bertz CT molecular complexity index is 769. The van der Waals surface area contributed by atoms with Gasteiger partial charge in [-0.05, 0) is 48.4 Å². The maximum absolute atomic E-state index is 11.9. The third-order valence-corrected chi connectivity index (χ3v) is 3.87. The molecule has 0 saturated carbocycles. The SMILES string of the molecule is COc1ccc(/C=C/C(=O)OCC(=O)N[C@@H](C)c2ccc(Cl)cc2)cc1. The molecule has 26 heavy (non-hydrogen) atoms. The van der Waals surface area contributed by atoms with Crippen molar-refractivity contribution in [3.63, 3.8) is 0 Å². The van der Waals surface area contributed by atoms with E-state index in [0.717, 1.165) is 16.9 Å². The van der Waals surface area contributed by atoms with Crippen LogP contribution in [0.15, 0.2) is 54.6 Å². The molecule has 6 heteroatoms. The number of ether oxygens (including phenoxy) is 2. The number of benzene rings is 2. The minimum absolute atomic E-state index is 0.215. The van der Waals surface area contributed by atoms with Crippen molar-refractivity contribution in [2.75, 3.05) is 13.7 Å². The molecule has 1 N–H and O–H groups in total. The third-order valence-electron chi connectivity index (χ3n) is 3.62. The van der Waals surface area contributed by atoms with E-state index in [1.807, 2.05) is 31.2 Å². The largest absolute Gasteiger partial charge is 0.497 e. The molecule has 0 aliphatic heterocycles. The maximum atomic E-state index is 11.9. The van der Waals surface area contributed by atoms with Crippen molar-refractivity contribution in [2.24, 2.45) is 0 Å². The van der Waals surface area contributed by atoms with Crippen LogP contribution in [-0.4, -0.2) is 25.6 Å². The average molecular weight is 374 g/mol. The summed E-state index contributed by atoms with van der Waals surface area (Å²) in [5.74, 6) is -0.232. The van der Waals surface area contributed by atoms with E-state index in [9.17, 15) is 9.59 Å². The topological polar surface area (TPSA) is 64.6 Å². The number of esters is 1. The smallest absolute Gasteiger partial charge is 0.331 e. The van der Waals surface area contributed by atoms with Crippen LogP contribution in [0, 0.1) is 0 Å². The Morgan fingerprint density at radius 2 is 1.77 bits per heavy atom. The number of hydrogen-bond donors (Lipinski definition) is 1. The second-order valence-electron chi connectivity index (χ2n) is 5.55. The van der Waals surface area contributed by atoms with Crippen molar-refractivity contribution in [3.05, 3.63) is 70.8 Å². The Morgan fingerprint density at radius 1 is 1.12 bits per heavy atom. The van der Waals surface area contributed by atoms with Crippen LogP contribution in [0.3, 0.4) is 0 Å². The molecule has 0 saturated heterocycles. The van der Waals surface area contributed by atoms with E-state index >= 15 is 0 Å². The minimum Gasteiger partial charge on any atom is -0.497 e. The average Bonchev–Trinajstić information content (AvgIpc) is 2.65. The molecule has 0 unspecified atom stereocenters. The summed E-state index contributed by atoms with van der Waals surface area (Å²) in [6.45, 7) is 1.50. The molecule has 2 rings (SSSR count). The van der Waals surface area contributed by atoms with Crippen molar-refractivity contribution in [1.29, 1.82) is 0 Å². The van der Waals surface area contributed by atoms with Gasteiger partial charge in [-0.2, -0.15) is 0 Å². The predicted molar refractivity (Wildman–Crippen MR) is 101 cm³/mol. The second kappa shape index (κ2) is 9.63. The summed E-state index contributed by atoms with van der Waals surface area (Å²) in [4.78, 5) is 23.6. The van der Waals surface area contributed by atoms with E-state index < -0.39 is 5.97 Å². The van der Waals surface area contributed by atoms with E-state index in [1.54, 1.807) is 37.5 Å². The monoisotopic (exact) mass is 373 g/mol. The van der Waals surface area contributed by atoms with Gasteiger partial charge in [-0.15, -0.1) is 0 Å². The lowest BCUT2D eigenvalue weighted by molar-refractivity contribution is -0.144. The summed E-state index contributed by atoms with van der Waals surface area (Å²) >= 11 is 5.84. The van der Waals surface area contributed by atoms with Gasteiger partial charge in [0.15, 0.2) is 6.61 Å². The highest BCUT2D eigenvalue weighted by Crippen LogP contribution is 2.16. The Morgan fingerprint density at radius 3 is 2.38 bits per heavy atom. The van der Waals surface area contributed by atoms with Gasteiger partial charge in [0.05, 0.1) is 13.2 Å². The number of amides is 1. The first-order chi connectivity index (χ1) is 12.5. The Labute approximate surface area is 157 Å². The minimum atomic E-state index is -0.588. The van der Waals surface area contributed by atoms with Gasteiger partial charge >= 0.3 is 5.97 Å². The fraction of sp³-hybridized carbons (Fsp3) is 0.200. The molecule has 136 valence electrons. The lowest BCUT2D eigenvalue weighted by Crippen LogP contribution is -2.30.